The van der Waals surface area contributed by atoms with Crippen molar-refractivity contribution in [2.24, 2.45) is 0 Å². The monoisotopic (exact) mass is 357 g/mol. The van der Waals surface area contributed by atoms with Crippen LogP contribution in [0.4, 0.5) is 5.69 Å². The zero-order valence-electron chi connectivity index (χ0n) is 11.7. The van der Waals surface area contributed by atoms with Gasteiger partial charge in [-0.05, 0) is 37.1 Å². The van der Waals surface area contributed by atoms with Crippen molar-refractivity contribution >= 4 is 33.4 Å². The maximum atomic E-state index is 6.07. The minimum atomic E-state index is 0.122. The van der Waals surface area contributed by atoms with E-state index in [9.17, 15) is 0 Å². The van der Waals surface area contributed by atoms with Gasteiger partial charge in [0.05, 0.1) is 12.7 Å². The number of benzene rings is 1. The van der Waals surface area contributed by atoms with Crippen LogP contribution in [-0.2, 0) is 4.74 Å². The lowest BCUT2D eigenvalue weighted by molar-refractivity contribution is -0.0628. The molecule has 110 valence electrons. The first kappa shape index (κ1) is 14.5. The van der Waals surface area contributed by atoms with Crippen LogP contribution in [0.15, 0.2) is 22.7 Å². The molecule has 0 radical (unpaired) electrons. The molecule has 0 aromatic heterocycles. The summed E-state index contributed by atoms with van der Waals surface area (Å²) in [5.41, 5.74) is 1.24. The van der Waals surface area contributed by atoms with Crippen molar-refractivity contribution in [1.82, 2.24) is 0 Å². The second-order valence-corrected chi connectivity index (χ2v) is 7.57. The number of hydrogen-bond donors (Lipinski definition) is 1. The van der Waals surface area contributed by atoms with Gasteiger partial charge in [0.1, 0.15) is 5.75 Å². The van der Waals surface area contributed by atoms with Crippen LogP contribution in [0, 0.1) is 0 Å². The van der Waals surface area contributed by atoms with Gasteiger partial charge in [0, 0.05) is 34.6 Å². The Kier molecular flexibility index (Phi) is 4.48. The first-order chi connectivity index (χ1) is 9.69. The van der Waals surface area contributed by atoms with Gasteiger partial charge in [0.15, 0.2) is 0 Å². The van der Waals surface area contributed by atoms with Crippen molar-refractivity contribution in [2.75, 3.05) is 30.5 Å². The van der Waals surface area contributed by atoms with Crippen molar-refractivity contribution in [3.63, 3.8) is 0 Å². The molecule has 2 fully saturated rings. The SMILES string of the molecule is COc1cc(Br)cc(NC2CCOC3(CCSC3)C2)c1. The summed E-state index contributed by atoms with van der Waals surface area (Å²) >= 11 is 5.55. The molecular weight excluding hydrogens is 338 g/mol. The summed E-state index contributed by atoms with van der Waals surface area (Å²) in [7, 11) is 1.70. The summed E-state index contributed by atoms with van der Waals surface area (Å²) in [5, 5.41) is 3.65. The third-order valence-electron chi connectivity index (χ3n) is 4.04. The van der Waals surface area contributed by atoms with Crippen LogP contribution < -0.4 is 10.1 Å². The van der Waals surface area contributed by atoms with E-state index in [0.29, 0.717) is 6.04 Å². The van der Waals surface area contributed by atoms with Crippen molar-refractivity contribution in [2.45, 2.75) is 30.9 Å². The Labute approximate surface area is 132 Å². The van der Waals surface area contributed by atoms with Crippen LogP contribution in [0.2, 0.25) is 0 Å². The van der Waals surface area contributed by atoms with Crippen LogP contribution in [0.1, 0.15) is 19.3 Å². The Morgan fingerprint density at radius 2 is 2.35 bits per heavy atom. The number of anilines is 1. The molecule has 2 aliphatic rings. The van der Waals surface area contributed by atoms with E-state index in [1.54, 1.807) is 7.11 Å². The van der Waals surface area contributed by atoms with E-state index in [2.05, 4.69) is 33.4 Å². The van der Waals surface area contributed by atoms with Gasteiger partial charge in [-0.25, -0.2) is 0 Å². The lowest BCUT2D eigenvalue weighted by Crippen LogP contribution is -2.44. The van der Waals surface area contributed by atoms with Gasteiger partial charge in [-0.15, -0.1) is 0 Å². The highest BCUT2D eigenvalue weighted by atomic mass is 79.9. The number of ether oxygens (including phenoxy) is 2. The van der Waals surface area contributed by atoms with E-state index in [0.717, 1.165) is 41.1 Å². The molecule has 1 N–H and O–H groups in total. The van der Waals surface area contributed by atoms with Gasteiger partial charge in [0.2, 0.25) is 0 Å². The fraction of sp³-hybridized carbons (Fsp3) is 0.600. The lowest BCUT2D eigenvalue weighted by Gasteiger charge is -2.38. The Bertz CT molecular complexity index is 477. The van der Waals surface area contributed by atoms with Gasteiger partial charge < -0.3 is 14.8 Å². The first-order valence-corrected chi connectivity index (χ1v) is 8.97. The third-order valence-corrected chi connectivity index (χ3v) is 5.72. The number of nitrogens with one attached hydrogen (secondary N) is 1. The first-order valence-electron chi connectivity index (χ1n) is 7.02. The van der Waals surface area contributed by atoms with Crippen LogP contribution in [-0.4, -0.2) is 36.9 Å². The molecule has 3 nitrogen and oxygen atoms in total. The van der Waals surface area contributed by atoms with E-state index in [1.807, 2.05) is 17.8 Å². The van der Waals surface area contributed by atoms with Crippen molar-refractivity contribution < 1.29 is 9.47 Å². The molecule has 1 spiro atoms. The molecule has 0 bridgehead atoms. The summed E-state index contributed by atoms with van der Waals surface area (Å²) in [6.45, 7) is 0.864. The zero-order chi connectivity index (χ0) is 14.0. The van der Waals surface area contributed by atoms with Crippen LogP contribution in [0.25, 0.3) is 0 Å². The summed E-state index contributed by atoms with van der Waals surface area (Å²) in [4.78, 5) is 0. The predicted octanol–water partition coefficient (Wildman–Crippen LogP) is 3.92. The lowest BCUT2D eigenvalue weighted by atomic mass is 9.90. The molecule has 5 heteroatoms. The van der Waals surface area contributed by atoms with Crippen LogP contribution >= 0.6 is 27.7 Å². The van der Waals surface area contributed by atoms with Gasteiger partial charge in [-0.1, -0.05) is 15.9 Å². The predicted molar refractivity (Wildman–Crippen MR) is 88.0 cm³/mol. The molecular formula is C15H20BrNO2S. The highest BCUT2D eigenvalue weighted by Gasteiger charge is 2.40. The topological polar surface area (TPSA) is 30.5 Å². The maximum absolute atomic E-state index is 6.07. The molecule has 1 aromatic carbocycles. The second-order valence-electron chi connectivity index (χ2n) is 5.55. The van der Waals surface area contributed by atoms with Gasteiger partial charge in [-0.2, -0.15) is 11.8 Å². The van der Waals surface area contributed by atoms with Crippen molar-refractivity contribution in [1.29, 1.82) is 0 Å². The Morgan fingerprint density at radius 1 is 1.45 bits per heavy atom. The largest absolute Gasteiger partial charge is 0.497 e. The van der Waals surface area contributed by atoms with Gasteiger partial charge in [0.25, 0.3) is 0 Å². The van der Waals surface area contributed by atoms with E-state index in [-0.39, 0.29) is 5.60 Å². The minimum absolute atomic E-state index is 0.122. The highest BCUT2D eigenvalue weighted by molar-refractivity contribution is 9.10. The summed E-state index contributed by atoms with van der Waals surface area (Å²) in [6, 6.07) is 6.62. The zero-order valence-corrected chi connectivity index (χ0v) is 14.1. The molecule has 0 amide bonds. The van der Waals surface area contributed by atoms with Gasteiger partial charge >= 0.3 is 0 Å². The molecule has 2 heterocycles. The molecule has 2 unspecified atom stereocenters. The smallest absolute Gasteiger partial charge is 0.122 e. The highest BCUT2D eigenvalue weighted by Crippen LogP contribution is 2.39. The molecule has 0 saturated carbocycles. The van der Waals surface area contributed by atoms with E-state index >= 15 is 0 Å². The van der Waals surface area contributed by atoms with E-state index in [4.69, 9.17) is 9.47 Å². The standard InChI is InChI=1S/C15H20BrNO2S/c1-18-14-7-11(16)6-13(8-14)17-12-2-4-19-15(9-12)3-5-20-10-15/h6-8,12,17H,2-5,9-10H2,1H3. The summed E-state index contributed by atoms with van der Waals surface area (Å²) in [5.74, 6) is 3.25. The van der Waals surface area contributed by atoms with Crippen LogP contribution in [0.5, 0.6) is 5.75 Å². The molecule has 20 heavy (non-hydrogen) atoms. The Hall–Kier alpha value is -0.390. The van der Waals surface area contributed by atoms with Crippen molar-refractivity contribution in [3.8, 4) is 5.75 Å². The normalized spacial score (nSPS) is 29.6. The fourth-order valence-corrected chi connectivity index (χ4v) is 4.86. The van der Waals surface area contributed by atoms with Crippen LogP contribution in [0.3, 0.4) is 0 Å². The number of thioether (sulfide) groups is 1. The quantitative estimate of drug-likeness (QED) is 0.887. The maximum Gasteiger partial charge on any atom is 0.122 e. The number of methoxy groups -OCH3 is 1. The molecule has 3 rings (SSSR count). The second kappa shape index (κ2) is 6.16. The molecule has 2 aliphatic heterocycles. The molecule has 1 aromatic rings. The number of hydrogen-bond acceptors (Lipinski definition) is 4. The molecule has 2 atom stereocenters. The average molecular weight is 358 g/mol. The third kappa shape index (κ3) is 3.26. The summed E-state index contributed by atoms with van der Waals surface area (Å²) < 4.78 is 12.4. The van der Waals surface area contributed by atoms with E-state index in [1.165, 1.54) is 12.2 Å². The summed E-state index contributed by atoms with van der Waals surface area (Å²) in [6.07, 6.45) is 3.37. The molecule has 2 saturated heterocycles. The molecule has 0 aliphatic carbocycles. The minimum Gasteiger partial charge on any atom is -0.497 e. The van der Waals surface area contributed by atoms with Crippen molar-refractivity contribution in [3.05, 3.63) is 22.7 Å². The Balaban J connectivity index is 1.69. The van der Waals surface area contributed by atoms with E-state index < -0.39 is 0 Å². The fourth-order valence-electron chi connectivity index (χ4n) is 3.01. The van der Waals surface area contributed by atoms with Gasteiger partial charge in [-0.3, -0.25) is 0 Å². The number of rotatable bonds is 3. The average Bonchev–Trinajstić information content (AvgIpc) is 2.86. The number of halogens is 1. The Morgan fingerprint density at radius 3 is 3.10 bits per heavy atom.